The Hall–Kier alpha value is 1.07. The smallest absolute Gasteiger partial charge is 1.00 e. The third-order valence-electron chi connectivity index (χ3n) is 4.85. The van der Waals surface area contributed by atoms with Gasteiger partial charge in [-0.25, -0.2) is 0 Å². The summed E-state index contributed by atoms with van der Waals surface area (Å²) in [4.78, 5) is 10.6. The molecular weight excluding hydrogens is 337 g/mol. The van der Waals surface area contributed by atoms with Crippen LogP contribution >= 0.6 is 0 Å². The van der Waals surface area contributed by atoms with Crippen LogP contribution in [0.15, 0.2) is 0 Å². The van der Waals surface area contributed by atoms with Crippen molar-refractivity contribution in [2.24, 2.45) is 0 Å². The van der Waals surface area contributed by atoms with Crippen molar-refractivity contribution >= 4 is 5.97 Å². The Morgan fingerprint density at radius 3 is 1.40 bits per heavy atom. The van der Waals surface area contributed by atoms with Gasteiger partial charge in [-0.15, -0.1) is 0 Å². The van der Waals surface area contributed by atoms with Crippen LogP contribution in [0.3, 0.4) is 0 Å². The number of rotatable bonds is 19. The van der Waals surface area contributed by atoms with Gasteiger partial charge in [-0.1, -0.05) is 103 Å². The maximum absolute atomic E-state index is 10.6. The summed E-state index contributed by atoms with van der Waals surface area (Å²) in [5.41, 5.74) is 0. The molecule has 1 atom stereocenters. The molecule has 0 aliphatic rings. The molecule has 0 saturated heterocycles. The van der Waals surface area contributed by atoms with Gasteiger partial charge >= 0.3 is 57.4 Å². The summed E-state index contributed by atoms with van der Waals surface area (Å²) in [6.07, 6.45) is 21.9. The maximum Gasteiger partial charge on any atom is 1.00 e. The van der Waals surface area contributed by atoms with Crippen molar-refractivity contribution in [2.45, 2.75) is 123 Å². The van der Waals surface area contributed by atoms with Crippen LogP contribution in [0.25, 0.3) is 0 Å². The van der Waals surface area contributed by atoms with Gasteiger partial charge in [-0.05, 0) is 19.9 Å². The van der Waals surface area contributed by atoms with E-state index in [9.17, 15) is 4.79 Å². The largest absolute Gasteiger partial charge is 1.00 e. The molecule has 146 valence electrons. The van der Waals surface area contributed by atoms with Gasteiger partial charge in [0.25, 0.3) is 0 Å². The minimum absolute atomic E-state index is 0. The van der Waals surface area contributed by atoms with Gasteiger partial charge in [-0.3, -0.25) is 4.79 Å². The zero-order valence-corrected chi connectivity index (χ0v) is 20.6. The molecule has 0 radical (unpaired) electrons. The van der Waals surface area contributed by atoms with Crippen LogP contribution in [0.5, 0.6) is 0 Å². The minimum Gasteiger partial charge on any atom is -1.00 e. The Morgan fingerprint density at radius 1 is 0.760 bits per heavy atom. The summed E-state index contributed by atoms with van der Waals surface area (Å²) in [6.45, 7) is 4.81. The van der Waals surface area contributed by atoms with Crippen molar-refractivity contribution in [3.05, 3.63) is 0 Å². The normalized spacial score (nSPS) is 11.9. The molecule has 0 aliphatic carbocycles. The quantitative estimate of drug-likeness (QED) is 0.266. The van der Waals surface area contributed by atoms with Crippen LogP contribution in [0.2, 0.25) is 0 Å². The molecule has 3 nitrogen and oxygen atoms in total. The molecule has 0 bridgehead atoms. The van der Waals surface area contributed by atoms with Crippen LogP contribution in [0.1, 0.15) is 118 Å². The van der Waals surface area contributed by atoms with Crippen LogP contribution in [-0.2, 0) is 4.79 Å². The zero-order chi connectivity index (χ0) is 17.9. The molecule has 0 aromatic heterocycles. The van der Waals surface area contributed by atoms with E-state index in [1.165, 1.54) is 96.3 Å². The van der Waals surface area contributed by atoms with Crippen molar-refractivity contribution in [1.29, 1.82) is 0 Å². The number of hydrogen-bond donors (Lipinski definition) is 2. The Bertz CT molecular complexity index is 281. The second-order valence-electron chi connectivity index (χ2n) is 7.32. The van der Waals surface area contributed by atoms with E-state index in [0.29, 0.717) is 0 Å². The summed E-state index contributed by atoms with van der Waals surface area (Å²) < 4.78 is 0. The molecule has 0 fully saturated rings. The molecule has 0 amide bonds. The second kappa shape index (κ2) is 23.1. The number of unbranched alkanes of at least 4 members (excludes halogenated alkanes) is 15. The van der Waals surface area contributed by atoms with Crippen LogP contribution in [0.4, 0.5) is 0 Å². The first-order valence-corrected chi connectivity index (χ1v) is 10.6. The van der Waals surface area contributed by atoms with Gasteiger partial charge in [0, 0.05) is 0 Å². The van der Waals surface area contributed by atoms with Gasteiger partial charge < -0.3 is 11.8 Å². The molecule has 0 aliphatic heterocycles. The van der Waals surface area contributed by atoms with Crippen LogP contribution in [-0.4, -0.2) is 23.7 Å². The number of hydrogen-bond acceptors (Lipinski definition) is 2. The summed E-state index contributed by atoms with van der Waals surface area (Å²) in [6, 6.07) is -0.415. The maximum atomic E-state index is 10.6. The summed E-state index contributed by atoms with van der Waals surface area (Å²) in [7, 11) is 0. The van der Waals surface area contributed by atoms with Crippen LogP contribution in [0, 0.1) is 0 Å². The number of aliphatic carboxylic acids is 1. The van der Waals surface area contributed by atoms with E-state index in [1.54, 1.807) is 6.92 Å². The van der Waals surface area contributed by atoms with E-state index in [-0.39, 0.29) is 52.8 Å². The molecule has 0 heterocycles. The van der Waals surface area contributed by atoms with Crippen LogP contribution < -0.4 is 56.7 Å². The van der Waals surface area contributed by atoms with Crippen molar-refractivity contribution < 1.29 is 62.7 Å². The number of nitrogens with one attached hydrogen (secondary N) is 1. The Kier molecular flexibility index (Phi) is 26.1. The minimum atomic E-state index is -0.758. The fraction of sp³-hybridized carbons (Fsp3) is 0.952. The number of carbonyl (C=O) groups is 1. The SMILES string of the molecule is CCCCCCCCCCCCCCCCCCN[C@@H](C)C(=O)O.[H-].[K+]. The Morgan fingerprint density at radius 2 is 1.08 bits per heavy atom. The number of carboxylic acid groups (broad SMARTS) is 1. The van der Waals surface area contributed by atoms with Crippen molar-refractivity contribution in [2.75, 3.05) is 6.54 Å². The van der Waals surface area contributed by atoms with Crippen molar-refractivity contribution in [1.82, 2.24) is 5.32 Å². The summed E-state index contributed by atoms with van der Waals surface area (Å²) in [5, 5.41) is 11.8. The van der Waals surface area contributed by atoms with Crippen molar-refractivity contribution in [3.63, 3.8) is 0 Å². The molecule has 4 heteroatoms. The zero-order valence-electron chi connectivity index (χ0n) is 18.5. The monoisotopic (exact) mass is 381 g/mol. The van der Waals surface area contributed by atoms with E-state index in [0.717, 1.165) is 13.0 Å². The first-order chi connectivity index (χ1) is 11.7. The van der Waals surface area contributed by atoms with E-state index in [1.807, 2.05) is 0 Å². The average molecular weight is 382 g/mol. The van der Waals surface area contributed by atoms with Gasteiger partial charge in [-0.2, -0.15) is 0 Å². The predicted molar refractivity (Wildman–Crippen MR) is 106 cm³/mol. The first kappa shape index (κ1) is 28.3. The molecule has 0 aromatic rings. The predicted octanol–water partition coefficient (Wildman–Crippen LogP) is 3.43. The molecule has 0 spiro atoms. The average Bonchev–Trinajstić information content (AvgIpc) is 2.57. The van der Waals surface area contributed by atoms with E-state index < -0.39 is 12.0 Å². The van der Waals surface area contributed by atoms with Gasteiger partial charge in [0.05, 0.1) is 0 Å². The fourth-order valence-electron chi connectivity index (χ4n) is 3.08. The van der Waals surface area contributed by atoms with Gasteiger partial charge in [0.1, 0.15) is 6.04 Å². The Labute approximate surface area is 201 Å². The molecule has 25 heavy (non-hydrogen) atoms. The van der Waals surface area contributed by atoms with E-state index in [4.69, 9.17) is 5.11 Å². The molecule has 0 rings (SSSR count). The second-order valence-corrected chi connectivity index (χ2v) is 7.32. The Balaban J connectivity index is -0.00000264. The third-order valence-corrected chi connectivity index (χ3v) is 4.85. The first-order valence-electron chi connectivity index (χ1n) is 10.6. The molecule has 2 N–H and O–H groups in total. The number of carboxylic acids is 1. The standard InChI is InChI=1S/C21H43NO2.K.H/c1-3-4-5-6-7-8-9-10-11-12-13-14-15-16-17-18-19-22-20(2)21(23)24;;/h20,22H,3-19H2,1-2H3,(H,23,24);;/q;+1;-1/t20-;;/m0../s1. The fourth-order valence-corrected chi connectivity index (χ4v) is 3.08. The molecular formula is C21H44KNO2. The van der Waals surface area contributed by atoms with E-state index >= 15 is 0 Å². The molecule has 0 saturated carbocycles. The van der Waals surface area contributed by atoms with E-state index in [2.05, 4.69) is 12.2 Å². The topological polar surface area (TPSA) is 49.3 Å². The summed E-state index contributed by atoms with van der Waals surface area (Å²) >= 11 is 0. The van der Waals surface area contributed by atoms with Crippen molar-refractivity contribution in [3.8, 4) is 0 Å². The molecule has 0 aromatic carbocycles. The molecule has 0 unspecified atom stereocenters. The van der Waals surface area contributed by atoms with Gasteiger partial charge in [0.2, 0.25) is 0 Å². The summed E-state index contributed by atoms with van der Waals surface area (Å²) in [5.74, 6) is -0.758. The third kappa shape index (κ3) is 23.0. The van der Waals surface area contributed by atoms with Gasteiger partial charge in [0.15, 0.2) is 0 Å².